The highest BCUT2D eigenvalue weighted by atomic mass is 16.5. The van der Waals surface area contributed by atoms with Gasteiger partial charge in [-0.15, -0.1) is 0 Å². The molecule has 0 aromatic rings. The smallest absolute Gasteiger partial charge is 0.0513 e. The standard InChI is InChI=1S/C15H30N2O/c1-4-15(11-16,12-6-8-18-10-12)17-13-5-7-14(2,3)9-13/h12-13,17H,4-11,16H2,1-3H3. The average molecular weight is 254 g/mol. The predicted octanol–water partition coefficient (Wildman–Crippen LogP) is 2.30. The van der Waals surface area contributed by atoms with Crippen molar-refractivity contribution in [2.24, 2.45) is 17.1 Å². The number of nitrogens with one attached hydrogen (secondary N) is 1. The van der Waals surface area contributed by atoms with Crippen LogP contribution in [0, 0.1) is 11.3 Å². The van der Waals surface area contributed by atoms with E-state index in [1.54, 1.807) is 0 Å². The molecule has 2 aliphatic rings. The van der Waals surface area contributed by atoms with Crippen molar-refractivity contribution in [2.75, 3.05) is 19.8 Å². The molecule has 18 heavy (non-hydrogen) atoms. The third-order valence-corrected chi connectivity index (χ3v) is 5.17. The Hall–Kier alpha value is -0.120. The number of nitrogens with two attached hydrogens (primary N) is 1. The summed E-state index contributed by atoms with van der Waals surface area (Å²) in [6.45, 7) is 9.54. The summed E-state index contributed by atoms with van der Waals surface area (Å²) in [5, 5.41) is 3.92. The van der Waals surface area contributed by atoms with E-state index >= 15 is 0 Å². The molecule has 2 rings (SSSR count). The van der Waals surface area contributed by atoms with E-state index in [0.717, 1.165) is 32.6 Å². The molecule has 0 aromatic heterocycles. The summed E-state index contributed by atoms with van der Waals surface area (Å²) in [5.74, 6) is 0.594. The van der Waals surface area contributed by atoms with Crippen LogP contribution in [0.25, 0.3) is 0 Å². The largest absolute Gasteiger partial charge is 0.381 e. The second-order valence-electron chi connectivity index (χ2n) is 7.02. The van der Waals surface area contributed by atoms with Crippen molar-refractivity contribution in [3.8, 4) is 0 Å². The van der Waals surface area contributed by atoms with Crippen LogP contribution < -0.4 is 11.1 Å². The summed E-state index contributed by atoms with van der Waals surface area (Å²) in [6, 6.07) is 0.643. The van der Waals surface area contributed by atoms with E-state index in [1.807, 2.05) is 0 Å². The fourth-order valence-electron chi connectivity index (χ4n) is 3.81. The molecule has 3 heteroatoms. The molecule has 1 aliphatic heterocycles. The van der Waals surface area contributed by atoms with E-state index < -0.39 is 0 Å². The van der Waals surface area contributed by atoms with Gasteiger partial charge in [0.05, 0.1) is 6.61 Å². The molecule has 1 saturated carbocycles. The fourth-order valence-corrected chi connectivity index (χ4v) is 3.81. The summed E-state index contributed by atoms with van der Waals surface area (Å²) < 4.78 is 5.58. The van der Waals surface area contributed by atoms with Crippen LogP contribution >= 0.6 is 0 Å². The van der Waals surface area contributed by atoms with Crippen LogP contribution in [-0.4, -0.2) is 31.3 Å². The van der Waals surface area contributed by atoms with Crippen LogP contribution in [0.1, 0.15) is 52.9 Å². The predicted molar refractivity (Wildman–Crippen MR) is 75.6 cm³/mol. The Morgan fingerprint density at radius 3 is 2.61 bits per heavy atom. The molecule has 3 nitrogen and oxygen atoms in total. The first-order valence-electron chi connectivity index (χ1n) is 7.57. The summed E-state index contributed by atoms with van der Waals surface area (Å²) >= 11 is 0. The van der Waals surface area contributed by atoms with Crippen molar-refractivity contribution >= 4 is 0 Å². The van der Waals surface area contributed by atoms with E-state index in [4.69, 9.17) is 10.5 Å². The van der Waals surface area contributed by atoms with Gasteiger partial charge in [0.15, 0.2) is 0 Å². The Morgan fingerprint density at radius 2 is 2.17 bits per heavy atom. The first-order chi connectivity index (χ1) is 8.51. The molecule has 2 fully saturated rings. The minimum atomic E-state index is 0.0988. The van der Waals surface area contributed by atoms with Gasteiger partial charge in [0.25, 0.3) is 0 Å². The molecule has 0 amide bonds. The van der Waals surface area contributed by atoms with E-state index in [2.05, 4.69) is 26.1 Å². The first kappa shape index (κ1) is 14.3. The van der Waals surface area contributed by atoms with Gasteiger partial charge in [-0.3, -0.25) is 0 Å². The summed E-state index contributed by atoms with van der Waals surface area (Å²) in [6.07, 6.45) is 6.17. The highest BCUT2D eigenvalue weighted by Gasteiger charge is 2.42. The number of hydrogen-bond donors (Lipinski definition) is 2. The summed E-state index contributed by atoms with van der Waals surface area (Å²) in [5.41, 5.74) is 6.72. The minimum Gasteiger partial charge on any atom is -0.381 e. The van der Waals surface area contributed by atoms with Crippen molar-refractivity contribution in [3.05, 3.63) is 0 Å². The molecule has 1 saturated heterocycles. The van der Waals surface area contributed by atoms with Gasteiger partial charge >= 0.3 is 0 Å². The lowest BCUT2D eigenvalue weighted by atomic mass is 9.80. The molecule has 0 radical (unpaired) electrons. The van der Waals surface area contributed by atoms with Crippen LogP contribution in [0.5, 0.6) is 0 Å². The van der Waals surface area contributed by atoms with Gasteiger partial charge in [0.2, 0.25) is 0 Å². The fraction of sp³-hybridized carbons (Fsp3) is 1.00. The maximum atomic E-state index is 6.13. The van der Waals surface area contributed by atoms with Gasteiger partial charge < -0.3 is 15.8 Å². The zero-order valence-electron chi connectivity index (χ0n) is 12.3. The second kappa shape index (κ2) is 5.48. The van der Waals surface area contributed by atoms with Crippen LogP contribution in [-0.2, 0) is 4.74 Å². The van der Waals surface area contributed by atoms with Crippen molar-refractivity contribution < 1.29 is 4.74 Å². The zero-order valence-corrected chi connectivity index (χ0v) is 12.3. The third-order valence-electron chi connectivity index (χ3n) is 5.17. The van der Waals surface area contributed by atoms with Crippen LogP contribution in [0.2, 0.25) is 0 Å². The van der Waals surface area contributed by atoms with E-state index in [-0.39, 0.29) is 5.54 Å². The molecule has 0 spiro atoms. The SMILES string of the molecule is CCC(CN)(NC1CCC(C)(C)C1)C1CCOC1. The van der Waals surface area contributed by atoms with Gasteiger partial charge in [-0.05, 0) is 37.5 Å². The average Bonchev–Trinajstić information content (AvgIpc) is 2.96. The number of rotatable bonds is 5. The van der Waals surface area contributed by atoms with Crippen molar-refractivity contribution in [2.45, 2.75) is 64.5 Å². The van der Waals surface area contributed by atoms with Crippen molar-refractivity contribution in [1.82, 2.24) is 5.32 Å². The molecule has 3 unspecified atom stereocenters. The monoisotopic (exact) mass is 254 g/mol. The number of hydrogen-bond acceptors (Lipinski definition) is 3. The van der Waals surface area contributed by atoms with Crippen molar-refractivity contribution in [3.63, 3.8) is 0 Å². The van der Waals surface area contributed by atoms with E-state index in [1.165, 1.54) is 19.3 Å². The van der Waals surface area contributed by atoms with E-state index in [9.17, 15) is 0 Å². The first-order valence-corrected chi connectivity index (χ1v) is 7.57. The van der Waals surface area contributed by atoms with Crippen LogP contribution in [0.3, 0.4) is 0 Å². The molecular weight excluding hydrogens is 224 g/mol. The molecule has 1 aliphatic carbocycles. The maximum Gasteiger partial charge on any atom is 0.0513 e. The Balaban J connectivity index is 2.01. The normalized spacial score (nSPS) is 34.7. The second-order valence-corrected chi connectivity index (χ2v) is 7.02. The molecule has 3 atom stereocenters. The summed E-state index contributed by atoms with van der Waals surface area (Å²) in [4.78, 5) is 0. The Labute approximate surface area is 112 Å². The lowest BCUT2D eigenvalue weighted by Gasteiger charge is -2.40. The minimum absolute atomic E-state index is 0.0988. The lowest BCUT2D eigenvalue weighted by molar-refractivity contribution is 0.135. The highest BCUT2D eigenvalue weighted by Crippen LogP contribution is 2.39. The summed E-state index contributed by atoms with van der Waals surface area (Å²) in [7, 11) is 0. The topological polar surface area (TPSA) is 47.3 Å². The maximum absolute atomic E-state index is 6.13. The Bertz CT molecular complexity index is 268. The third kappa shape index (κ3) is 2.89. The molecular formula is C15H30N2O. The van der Waals surface area contributed by atoms with Crippen LogP contribution in [0.4, 0.5) is 0 Å². The van der Waals surface area contributed by atoms with Crippen molar-refractivity contribution in [1.29, 1.82) is 0 Å². The quantitative estimate of drug-likeness (QED) is 0.791. The lowest BCUT2D eigenvalue weighted by Crippen LogP contribution is -2.59. The highest BCUT2D eigenvalue weighted by molar-refractivity contribution is 5.00. The van der Waals surface area contributed by atoms with Crippen LogP contribution in [0.15, 0.2) is 0 Å². The van der Waals surface area contributed by atoms with Gasteiger partial charge in [0.1, 0.15) is 0 Å². The molecule has 0 aromatic carbocycles. The molecule has 1 heterocycles. The molecule has 3 N–H and O–H groups in total. The van der Waals surface area contributed by atoms with Gasteiger partial charge in [0, 0.05) is 30.7 Å². The van der Waals surface area contributed by atoms with Gasteiger partial charge in [-0.2, -0.15) is 0 Å². The van der Waals surface area contributed by atoms with E-state index in [0.29, 0.717) is 17.4 Å². The molecule has 0 bridgehead atoms. The Morgan fingerprint density at radius 1 is 1.39 bits per heavy atom. The zero-order chi connectivity index (χ0) is 13.2. The Kier molecular flexibility index (Phi) is 4.35. The molecule has 106 valence electrons. The van der Waals surface area contributed by atoms with Gasteiger partial charge in [-0.1, -0.05) is 20.8 Å². The number of ether oxygens (including phenoxy) is 1. The van der Waals surface area contributed by atoms with Gasteiger partial charge in [-0.25, -0.2) is 0 Å².